The average Bonchev–Trinajstić information content (AvgIpc) is 2.17. The molecule has 0 unspecified atom stereocenters. The zero-order chi connectivity index (χ0) is 9.36. The molecule has 0 saturated heterocycles. The van der Waals surface area contributed by atoms with Crippen LogP contribution in [-0.4, -0.2) is 23.3 Å². The van der Waals surface area contributed by atoms with Crippen LogP contribution in [0.3, 0.4) is 0 Å². The Morgan fingerprint density at radius 3 is 1.77 bits per heavy atom. The van der Waals surface area contributed by atoms with Crippen molar-refractivity contribution in [3.63, 3.8) is 0 Å². The van der Waals surface area contributed by atoms with Crippen LogP contribution in [0, 0.1) is 0 Å². The molecule has 2 rings (SSSR count). The number of hydrogen-bond acceptors (Lipinski definition) is 2. The van der Waals surface area contributed by atoms with Crippen molar-refractivity contribution in [2.75, 3.05) is 7.05 Å². The Labute approximate surface area is 80.7 Å². The molecule has 0 heterocycles. The molecule has 0 spiro atoms. The predicted molar refractivity (Wildman–Crippen MR) is 53.7 cm³/mol. The number of fused-ring (bicyclic) bond motifs is 1. The highest BCUT2D eigenvalue weighted by Crippen LogP contribution is 2.46. The summed E-state index contributed by atoms with van der Waals surface area (Å²) in [6, 6.07) is 0. The molecule has 13 heavy (non-hydrogen) atoms. The van der Waals surface area contributed by atoms with Crippen molar-refractivity contribution in [2.24, 2.45) is 0 Å². The van der Waals surface area contributed by atoms with Crippen molar-refractivity contribution < 1.29 is 5.11 Å². The van der Waals surface area contributed by atoms with Gasteiger partial charge in [-0.25, -0.2) is 0 Å². The van der Waals surface area contributed by atoms with E-state index >= 15 is 0 Å². The van der Waals surface area contributed by atoms with Gasteiger partial charge in [-0.15, -0.1) is 0 Å². The van der Waals surface area contributed by atoms with Gasteiger partial charge >= 0.3 is 0 Å². The molecule has 2 aliphatic rings. The second-order valence-corrected chi connectivity index (χ2v) is 4.78. The molecule has 0 bridgehead atoms. The molecule has 0 amide bonds. The van der Waals surface area contributed by atoms with E-state index in [1.807, 2.05) is 7.05 Å². The minimum atomic E-state index is -0.391. The summed E-state index contributed by atoms with van der Waals surface area (Å²) >= 11 is 0. The molecule has 2 nitrogen and oxygen atoms in total. The quantitative estimate of drug-likeness (QED) is 0.650. The van der Waals surface area contributed by atoms with Gasteiger partial charge in [0.05, 0.1) is 5.60 Å². The number of nitrogens with one attached hydrogen (secondary N) is 1. The van der Waals surface area contributed by atoms with Crippen LogP contribution in [0.5, 0.6) is 0 Å². The van der Waals surface area contributed by atoms with Gasteiger partial charge in [0.15, 0.2) is 0 Å². The summed E-state index contributed by atoms with van der Waals surface area (Å²) in [7, 11) is 2.02. The second kappa shape index (κ2) is 3.25. The van der Waals surface area contributed by atoms with E-state index in [9.17, 15) is 5.11 Å². The Balaban J connectivity index is 2.23. The molecular weight excluding hydrogens is 162 g/mol. The zero-order valence-electron chi connectivity index (χ0n) is 8.60. The lowest BCUT2D eigenvalue weighted by Gasteiger charge is -2.53. The highest BCUT2D eigenvalue weighted by atomic mass is 16.3. The Kier molecular flexibility index (Phi) is 2.37. The van der Waals surface area contributed by atoms with E-state index in [1.165, 1.54) is 38.5 Å². The standard InChI is InChI=1S/C11H21NO/c1-12-10-6-2-4-8-11(10,13)9-5-3-7-10/h12-13H,2-9H2,1H3. The molecule has 2 aliphatic carbocycles. The molecule has 0 aliphatic heterocycles. The maximum absolute atomic E-state index is 10.6. The van der Waals surface area contributed by atoms with Crippen molar-refractivity contribution >= 4 is 0 Å². The van der Waals surface area contributed by atoms with Gasteiger partial charge in [0, 0.05) is 5.54 Å². The molecule has 0 atom stereocenters. The third-order valence-electron chi connectivity index (χ3n) is 4.26. The van der Waals surface area contributed by atoms with Gasteiger partial charge in [-0.2, -0.15) is 0 Å². The van der Waals surface area contributed by atoms with Gasteiger partial charge in [-0.3, -0.25) is 0 Å². The number of rotatable bonds is 1. The van der Waals surface area contributed by atoms with Crippen molar-refractivity contribution in [3.05, 3.63) is 0 Å². The summed E-state index contributed by atoms with van der Waals surface area (Å²) in [4.78, 5) is 0. The molecule has 0 aromatic carbocycles. The van der Waals surface area contributed by atoms with Crippen LogP contribution in [0.25, 0.3) is 0 Å². The van der Waals surface area contributed by atoms with Crippen LogP contribution in [-0.2, 0) is 0 Å². The summed E-state index contributed by atoms with van der Waals surface area (Å²) in [5.41, 5.74) is -0.332. The van der Waals surface area contributed by atoms with Gasteiger partial charge in [-0.05, 0) is 32.7 Å². The van der Waals surface area contributed by atoms with Crippen LogP contribution in [0.2, 0.25) is 0 Å². The van der Waals surface area contributed by atoms with Crippen molar-refractivity contribution in [1.29, 1.82) is 0 Å². The molecule has 0 aromatic rings. The fourth-order valence-corrected chi connectivity index (χ4v) is 3.37. The summed E-state index contributed by atoms with van der Waals surface area (Å²) in [5.74, 6) is 0. The van der Waals surface area contributed by atoms with E-state index in [2.05, 4.69) is 5.32 Å². The Bertz CT molecular complexity index is 179. The third-order valence-corrected chi connectivity index (χ3v) is 4.26. The summed E-state index contributed by atoms with van der Waals surface area (Å²) in [6.45, 7) is 0. The van der Waals surface area contributed by atoms with Gasteiger partial charge in [0.2, 0.25) is 0 Å². The van der Waals surface area contributed by atoms with Crippen molar-refractivity contribution in [3.8, 4) is 0 Å². The van der Waals surface area contributed by atoms with E-state index in [1.54, 1.807) is 0 Å². The number of aliphatic hydroxyl groups is 1. The van der Waals surface area contributed by atoms with Crippen LogP contribution in [0.15, 0.2) is 0 Å². The second-order valence-electron chi connectivity index (χ2n) is 4.78. The minimum Gasteiger partial charge on any atom is -0.388 e. The number of likely N-dealkylation sites (N-methyl/N-ethyl adjacent to an activating group) is 1. The zero-order valence-corrected chi connectivity index (χ0v) is 8.60. The van der Waals surface area contributed by atoms with Gasteiger partial charge in [0.25, 0.3) is 0 Å². The Morgan fingerprint density at radius 2 is 1.38 bits per heavy atom. The minimum absolute atomic E-state index is 0.0590. The molecule has 2 heteroatoms. The first-order chi connectivity index (χ1) is 6.22. The van der Waals surface area contributed by atoms with E-state index in [0.717, 1.165) is 12.8 Å². The fraction of sp³-hybridized carbons (Fsp3) is 1.00. The van der Waals surface area contributed by atoms with Gasteiger partial charge in [0.1, 0.15) is 0 Å². The van der Waals surface area contributed by atoms with Gasteiger partial charge in [-0.1, -0.05) is 25.7 Å². The molecule has 76 valence electrons. The monoisotopic (exact) mass is 183 g/mol. The maximum atomic E-state index is 10.6. The lowest BCUT2D eigenvalue weighted by atomic mass is 9.62. The van der Waals surface area contributed by atoms with E-state index in [4.69, 9.17) is 0 Å². The number of hydrogen-bond donors (Lipinski definition) is 2. The van der Waals surface area contributed by atoms with Crippen LogP contribution < -0.4 is 5.32 Å². The highest BCUT2D eigenvalue weighted by Gasteiger charge is 2.51. The maximum Gasteiger partial charge on any atom is 0.0828 e. The first-order valence-corrected chi connectivity index (χ1v) is 5.64. The summed E-state index contributed by atoms with van der Waals surface area (Å²) in [5, 5.41) is 14.0. The topological polar surface area (TPSA) is 32.3 Å². The molecular formula is C11H21NO. The lowest BCUT2D eigenvalue weighted by molar-refractivity contribution is -0.105. The molecule has 2 N–H and O–H groups in total. The fourth-order valence-electron chi connectivity index (χ4n) is 3.37. The lowest BCUT2D eigenvalue weighted by Crippen LogP contribution is -2.65. The molecule has 2 saturated carbocycles. The van der Waals surface area contributed by atoms with E-state index in [-0.39, 0.29) is 5.54 Å². The van der Waals surface area contributed by atoms with Crippen LogP contribution in [0.4, 0.5) is 0 Å². The first kappa shape index (κ1) is 9.47. The largest absolute Gasteiger partial charge is 0.388 e. The van der Waals surface area contributed by atoms with E-state index in [0.29, 0.717) is 0 Å². The normalized spacial score (nSPS) is 45.7. The summed E-state index contributed by atoms with van der Waals surface area (Å²) < 4.78 is 0. The SMILES string of the molecule is CNC12CCCCC1(O)CCCC2. The molecule has 0 aromatic heterocycles. The smallest absolute Gasteiger partial charge is 0.0828 e. The van der Waals surface area contributed by atoms with Crippen molar-refractivity contribution in [2.45, 2.75) is 62.5 Å². The molecule has 0 radical (unpaired) electrons. The third kappa shape index (κ3) is 1.31. The highest BCUT2D eigenvalue weighted by molar-refractivity contribution is 5.09. The first-order valence-electron chi connectivity index (χ1n) is 5.64. The van der Waals surface area contributed by atoms with Crippen LogP contribution in [0.1, 0.15) is 51.4 Å². The predicted octanol–water partition coefficient (Wildman–Crippen LogP) is 1.82. The Morgan fingerprint density at radius 1 is 0.923 bits per heavy atom. The molecule has 2 fully saturated rings. The summed E-state index contributed by atoms with van der Waals surface area (Å²) in [6.07, 6.45) is 9.33. The van der Waals surface area contributed by atoms with Gasteiger partial charge < -0.3 is 10.4 Å². The Hall–Kier alpha value is -0.0800. The average molecular weight is 183 g/mol. The van der Waals surface area contributed by atoms with E-state index < -0.39 is 5.60 Å². The van der Waals surface area contributed by atoms with Crippen molar-refractivity contribution in [1.82, 2.24) is 5.32 Å². The van der Waals surface area contributed by atoms with Crippen LogP contribution >= 0.6 is 0 Å².